The zero-order valence-corrected chi connectivity index (χ0v) is 17.0. The van der Waals surface area contributed by atoms with Crippen molar-refractivity contribution < 1.29 is 23.8 Å². The topological polar surface area (TPSA) is 94.1 Å². The van der Waals surface area contributed by atoms with Gasteiger partial charge in [0, 0.05) is 37.7 Å². The van der Waals surface area contributed by atoms with Crippen molar-refractivity contribution in [3.63, 3.8) is 0 Å². The van der Waals surface area contributed by atoms with Crippen molar-refractivity contribution in [2.24, 2.45) is 5.92 Å². The van der Waals surface area contributed by atoms with Crippen LogP contribution in [0.15, 0.2) is 36.7 Å². The maximum Gasteiger partial charge on any atom is 0.235 e. The standard InChI is InChI=1S/C21H24N4O5/c1-28-16-5-3-4-15(9-16)25-12-14(8-20(25)26)21(27)24-7-6-17(13-24)30-19-11-22-10-18(23-19)29-2/h3-5,9-11,14,17H,6-8,12-13H2,1-2H3. The van der Waals surface area contributed by atoms with E-state index in [4.69, 9.17) is 14.2 Å². The Labute approximate surface area is 174 Å². The summed E-state index contributed by atoms with van der Waals surface area (Å²) in [5, 5.41) is 0. The highest BCUT2D eigenvalue weighted by Crippen LogP contribution is 2.30. The smallest absolute Gasteiger partial charge is 0.235 e. The van der Waals surface area contributed by atoms with Crippen molar-refractivity contribution in [2.75, 3.05) is 38.8 Å². The lowest BCUT2D eigenvalue weighted by Crippen LogP contribution is -2.37. The Hall–Kier alpha value is -3.36. The van der Waals surface area contributed by atoms with Crippen molar-refractivity contribution in [2.45, 2.75) is 18.9 Å². The molecule has 1 aromatic heterocycles. The highest BCUT2D eigenvalue weighted by molar-refractivity contribution is 6.00. The van der Waals surface area contributed by atoms with Gasteiger partial charge in [0.25, 0.3) is 0 Å². The van der Waals surface area contributed by atoms with Gasteiger partial charge in [-0.05, 0) is 12.1 Å². The van der Waals surface area contributed by atoms with Gasteiger partial charge in [0.2, 0.25) is 23.6 Å². The molecule has 4 rings (SSSR count). The Morgan fingerprint density at radius 2 is 1.97 bits per heavy atom. The molecule has 0 N–H and O–H groups in total. The summed E-state index contributed by atoms with van der Waals surface area (Å²) in [7, 11) is 3.10. The SMILES string of the molecule is COc1cccc(N2CC(C(=O)N3CCC(Oc4cncc(OC)n4)C3)CC2=O)c1. The minimum atomic E-state index is -0.362. The highest BCUT2D eigenvalue weighted by atomic mass is 16.5. The molecule has 2 aromatic rings. The molecule has 2 aliphatic heterocycles. The molecule has 0 spiro atoms. The number of benzene rings is 1. The van der Waals surface area contributed by atoms with Crippen LogP contribution in [-0.4, -0.2) is 66.6 Å². The first-order valence-corrected chi connectivity index (χ1v) is 9.83. The lowest BCUT2D eigenvalue weighted by Gasteiger charge is -2.21. The number of ether oxygens (including phenoxy) is 3. The number of amides is 2. The van der Waals surface area contributed by atoms with E-state index in [1.54, 1.807) is 23.0 Å². The summed E-state index contributed by atoms with van der Waals surface area (Å²) >= 11 is 0. The normalized spacial score (nSPS) is 21.1. The van der Waals surface area contributed by atoms with Crippen LogP contribution in [0.4, 0.5) is 5.69 Å². The molecule has 3 heterocycles. The summed E-state index contributed by atoms with van der Waals surface area (Å²) in [4.78, 5) is 37.2. The summed E-state index contributed by atoms with van der Waals surface area (Å²) in [6.45, 7) is 1.42. The van der Waals surface area contributed by atoms with Crippen molar-refractivity contribution in [3.05, 3.63) is 36.7 Å². The lowest BCUT2D eigenvalue weighted by molar-refractivity contribution is -0.135. The zero-order chi connectivity index (χ0) is 21.1. The summed E-state index contributed by atoms with van der Waals surface area (Å²) in [5.41, 5.74) is 0.744. The molecule has 2 fully saturated rings. The summed E-state index contributed by atoms with van der Waals surface area (Å²) in [5.74, 6) is 0.987. The van der Waals surface area contributed by atoms with Crippen LogP contribution in [0, 0.1) is 5.92 Å². The van der Waals surface area contributed by atoms with E-state index in [2.05, 4.69) is 9.97 Å². The first-order chi connectivity index (χ1) is 14.6. The van der Waals surface area contributed by atoms with E-state index >= 15 is 0 Å². The monoisotopic (exact) mass is 412 g/mol. The van der Waals surface area contributed by atoms with Crippen LogP contribution in [0.1, 0.15) is 12.8 Å². The van der Waals surface area contributed by atoms with E-state index in [-0.39, 0.29) is 30.3 Å². The van der Waals surface area contributed by atoms with Gasteiger partial charge < -0.3 is 24.0 Å². The first kappa shape index (κ1) is 19.9. The van der Waals surface area contributed by atoms with E-state index < -0.39 is 0 Å². The third-order valence-electron chi connectivity index (χ3n) is 5.38. The van der Waals surface area contributed by atoms with Gasteiger partial charge in [0.15, 0.2) is 0 Å². The molecule has 2 atom stereocenters. The molecule has 9 nitrogen and oxygen atoms in total. The minimum Gasteiger partial charge on any atom is -0.497 e. The Balaban J connectivity index is 1.36. The van der Waals surface area contributed by atoms with Gasteiger partial charge in [0.05, 0.1) is 39.1 Å². The first-order valence-electron chi connectivity index (χ1n) is 9.83. The average molecular weight is 412 g/mol. The van der Waals surface area contributed by atoms with Gasteiger partial charge in [-0.15, -0.1) is 0 Å². The second-order valence-corrected chi connectivity index (χ2v) is 7.32. The summed E-state index contributed by atoms with van der Waals surface area (Å²) in [6.07, 6.45) is 3.77. The van der Waals surface area contributed by atoms with Gasteiger partial charge in [-0.2, -0.15) is 4.98 Å². The third-order valence-corrected chi connectivity index (χ3v) is 5.38. The number of aromatic nitrogens is 2. The van der Waals surface area contributed by atoms with E-state index in [1.807, 2.05) is 18.2 Å². The summed E-state index contributed by atoms with van der Waals surface area (Å²) < 4.78 is 16.1. The van der Waals surface area contributed by atoms with Crippen LogP contribution in [0.3, 0.4) is 0 Å². The van der Waals surface area contributed by atoms with Crippen LogP contribution in [-0.2, 0) is 9.59 Å². The number of rotatable bonds is 6. The highest BCUT2D eigenvalue weighted by Gasteiger charge is 2.39. The van der Waals surface area contributed by atoms with Crippen molar-refractivity contribution in [1.82, 2.24) is 14.9 Å². The number of hydrogen-bond acceptors (Lipinski definition) is 7. The zero-order valence-electron chi connectivity index (χ0n) is 17.0. The minimum absolute atomic E-state index is 0.0171. The second kappa shape index (κ2) is 8.56. The predicted octanol–water partition coefficient (Wildman–Crippen LogP) is 1.53. The number of likely N-dealkylation sites (tertiary alicyclic amines) is 1. The molecule has 30 heavy (non-hydrogen) atoms. The van der Waals surface area contributed by atoms with Gasteiger partial charge in [-0.25, -0.2) is 0 Å². The molecule has 9 heteroatoms. The van der Waals surface area contributed by atoms with Crippen molar-refractivity contribution in [3.8, 4) is 17.5 Å². The lowest BCUT2D eigenvalue weighted by atomic mass is 10.1. The maximum atomic E-state index is 13.0. The van der Waals surface area contributed by atoms with Crippen LogP contribution < -0.4 is 19.1 Å². The Kier molecular flexibility index (Phi) is 5.69. The maximum absolute atomic E-state index is 13.0. The van der Waals surface area contributed by atoms with Crippen LogP contribution in [0.2, 0.25) is 0 Å². The number of hydrogen-bond donors (Lipinski definition) is 0. The molecular weight excluding hydrogens is 388 g/mol. The van der Waals surface area contributed by atoms with Gasteiger partial charge in [0.1, 0.15) is 11.9 Å². The Morgan fingerprint density at radius 1 is 1.13 bits per heavy atom. The van der Waals surface area contributed by atoms with E-state index in [9.17, 15) is 9.59 Å². The molecule has 0 radical (unpaired) electrons. The average Bonchev–Trinajstić information content (AvgIpc) is 3.40. The summed E-state index contributed by atoms with van der Waals surface area (Å²) in [6, 6.07) is 7.31. The molecule has 2 unspecified atom stereocenters. The van der Waals surface area contributed by atoms with E-state index in [1.165, 1.54) is 19.5 Å². The van der Waals surface area contributed by atoms with Gasteiger partial charge in [-0.3, -0.25) is 14.6 Å². The third kappa shape index (κ3) is 4.14. The molecule has 2 saturated heterocycles. The second-order valence-electron chi connectivity index (χ2n) is 7.32. The van der Waals surface area contributed by atoms with E-state index in [0.717, 1.165) is 5.69 Å². The fourth-order valence-electron chi connectivity index (χ4n) is 3.84. The van der Waals surface area contributed by atoms with Gasteiger partial charge in [-0.1, -0.05) is 6.07 Å². The molecule has 0 bridgehead atoms. The van der Waals surface area contributed by atoms with Gasteiger partial charge >= 0.3 is 0 Å². The molecule has 1 aromatic carbocycles. The molecule has 0 aliphatic carbocycles. The van der Waals surface area contributed by atoms with Crippen LogP contribution in [0.25, 0.3) is 0 Å². The molecule has 2 aliphatic rings. The van der Waals surface area contributed by atoms with Crippen LogP contribution >= 0.6 is 0 Å². The fourth-order valence-corrected chi connectivity index (χ4v) is 3.84. The molecular formula is C21H24N4O5. The van der Waals surface area contributed by atoms with Crippen molar-refractivity contribution >= 4 is 17.5 Å². The number of carbonyl (C=O) groups excluding carboxylic acids is 2. The Bertz CT molecular complexity index is 937. The quantitative estimate of drug-likeness (QED) is 0.710. The predicted molar refractivity (Wildman–Crippen MR) is 108 cm³/mol. The van der Waals surface area contributed by atoms with E-state index in [0.29, 0.717) is 43.6 Å². The van der Waals surface area contributed by atoms with Crippen molar-refractivity contribution in [1.29, 1.82) is 0 Å². The number of anilines is 1. The van der Waals surface area contributed by atoms with Crippen LogP contribution in [0.5, 0.6) is 17.5 Å². The Morgan fingerprint density at radius 3 is 2.77 bits per heavy atom. The number of carbonyl (C=O) groups is 2. The molecule has 2 amide bonds. The molecule has 0 saturated carbocycles. The largest absolute Gasteiger partial charge is 0.497 e. The molecule has 158 valence electrons. The number of nitrogens with zero attached hydrogens (tertiary/aromatic N) is 4. The fraction of sp³-hybridized carbons (Fsp3) is 0.429. The number of methoxy groups -OCH3 is 2.